The Balaban J connectivity index is 1.74. The van der Waals surface area contributed by atoms with Crippen molar-refractivity contribution in [2.24, 2.45) is 0 Å². The normalized spacial score (nSPS) is 16.0. The average Bonchev–Trinajstić information content (AvgIpc) is 3.22. The van der Waals surface area contributed by atoms with E-state index in [4.69, 9.17) is 0 Å². The first-order valence-electron chi connectivity index (χ1n) is 9.67. The van der Waals surface area contributed by atoms with Crippen molar-refractivity contribution >= 4 is 0 Å². The summed E-state index contributed by atoms with van der Waals surface area (Å²) in [6, 6.07) is 14.3. The van der Waals surface area contributed by atoms with E-state index in [2.05, 4.69) is 22.2 Å². The van der Waals surface area contributed by atoms with Gasteiger partial charge < -0.3 is 9.67 Å². The lowest BCUT2D eigenvalue weighted by molar-refractivity contribution is 0.331. The van der Waals surface area contributed by atoms with Gasteiger partial charge in [0, 0.05) is 24.9 Å². The maximum Gasteiger partial charge on any atom is 0.242 e. The van der Waals surface area contributed by atoms with Gasteiger partial charge >= 0.3 is 0 Å². The van der Waals surface area contributed by atoms with Crippen molar-refractivity contribution in [3.8, 4) is 17.3 Å². The molecule has 2 atom stereocenters. The molecule has 5 rings (SSSR count). The minimum absolute atomic E-state index is 0.185. The first-order valence-corrected chi connectivity index (χ1v) is 9.67. The largest absolute Gasteiger partial charge is 0.503 e. The van der Waals surface area contributed by atoms with Crippen LogP contribution in [-0.4, -0.2) is 24.4 Å². The lowest BCUT2D eigenvalue weighted by Gasteiger charge is -2.34. The van der Waals surface area contributed by atoms with E-state index in [1.165, 1.54) is 12.1 Å². The molecule has 30 heavy (non-hydrogen) atoms. The molecule has 0 saturated heterocycles. The van der Waals surface area contributed by atoms with Crippen LogP contribution in [0.3, 0.4) is 0 Å². The Morgan fingerprint density at radius 1 is 1.10 bits per heavy atom. The fourth-order valence-electron chi connectivity index (χ4n) is 4.20. The number of rotatable bonds is 3. The number of hydrogen-bond donors (Lipinski definition) is 1. The minimum Gasteiger partial charge on any atom is -0.503 e. The second-order valence-corrected chi connectivity index (χ2v) is 7.56. The molecule has 1 aliphatic heterocycles. The highest BCUT2D eigenvalue weighted by atomic mass is 19.1. The minimum atomic E-state index is -0.551. The molecule has 3 heterocycles. The van der Waals surface area contributed by atoms with Crippen molar-refractivity contribution < 1.29 is 9.50 Å². The van der Waals surface area contributed by atoms with Gasteiger partial charge in [0.25, 0.3) is 0 Å². The van der Waals surface area contributed by atoms with Gasteiger partial charge in [-0.25, -0.2) is 9.37 Å². The van der Waals surface area contributed by atoms with E-state index in [0.29, 0.717) is 18.1 Å². The highest BCUT2D eigenvalue weighted by Gasteiger charge is 2.35. The molecule has 2 aromatic carbocycles. The van der Waals surface area contributed by atoms with Crippen LogP contribution in [0, 0.1) is 12.7 Å². The number of aromatic nitrogens is 4. The molecule has 0 radical (unpaired) electrons. The second-order valence-electron chi connectivity index (χ2n) is 7.56. The van der Waals surface area contributed by atoms with Crippen molar-refractivity contribution in [2.45, 2.75) is 25.4 Å². The van der Waals surface area contributed by atoms with Crippen molar-refractivity contribution in [1.82, 2.24) is 19.3 Å². The summed E-state index contributed by atoms with van der Waals surface area (Å²) in [7, 11) is 0. The molecule has 2 aromatic heterocycles. The monoisotopic (exact) mass is 402 g/mol. The van der Waals surface area contributed by atoms with Gasteiger partial charge in [-0.2, -0.15) is 5.10 Å². The summed E-state index contributed by atoms with van der Waals surface area (Å²) in [6.07, 6.45) is 4.58. The topological polar surface area (TPSA) is 72.9 Å². The molecule has 0 bridgehead atoms. The van der Waals surface area contributed by atoms with Crippen molar-refractivity contribution in [1.29, 1.82) is 0 Å². The highest BCUT2D eigenvalue weighted by molar-refractivity contribution is 5.60. The molecular formula is C23H19FN4O2. The summed E-state index contributed by atoms with van der Waals surface area (Å²) in [5.41, 5.74) is 2.83. The fraction of sp³-hybridized carbons (Fsp3) is 0.174. The lowest BCUT2D eigenvalue weighted by Crippen LogP contribution is -2.32. The molecule has 150 valence electrons. The summed E-state index contributed by atoms with van der Waals surface area (Å²) in [5.74, 6) is -0.365. The number of benzene rings is 2. The van der Waals surface area contributed by atoms with Crippen LogP contribution in [0.25, 0.3) is 11.5 Å². The third-order valence-electron chi connectivity index (χ3n) is 5.66. The lowest BCUT2D eigenvalue weighted by atomic mass is 9.84. The van der Waals surface area contributed by atoms with Gasteiger partial charge in [-0.15, -0.1) is 0 Å². The maximum absolute atomic E-state index is 13.6. The molecule has 1 N–H and O–H groups in total. The van der Waals surface area contributed by atoms with E-state index in [-0.39, 0.29) is 23.5 Å². The molecule has 0 aliphatic carbocycles. The smallest absolute Gasteiger partial charge is 0.242 e. The summed E-state index contributed by atoms with van der Waals surface area (Å²) < 4.78 is 17.2. The van der Waals surface area contributed by atoms with Gasteiger partial charge in [-0.05, 0) is 30.2 Å². The number of aryl methyl sites for hydroxylation is 1. The maximum atomic E-state index is 13.6. The van der Waals surface area contributed by atoms with Crippen LogP contribution in [0.2, 0.25) is 0 Å². The number of fused-ring (bicyclic) bond motifs is 3. The van der Waals surface area contributed by atoms with Crippen molar-refractivity contribution in [3.05, 3.63) is 99.9 Å². The summed E-state index contributed by atoms with van der Waals surface area (Å²) in [6.45, 7) is 2.56. The van der Waals surface area contributed by atoms with Crippen LogP contribution in [0.15, 0.2) is 71.9 Å². The van der Waals surface area contributed by atoms with Gasteiger partial charge in [0.05, 0.1) is 12.2 Å². The van der Waals surface area contributed by atoms with E-state index in [0.717, 1.165) is 22.9 Å². The van der Waals surface area contributed by atoms with Gasteiger partial charge in [0.15, 0.2) is 11.6 Å². The number of halogens is 1. The summed E-state index contributed by atoms with van der Waals surface area (Å²) >= 11 is 0. The van der Waals surface area contributed by atoms with Gasteiger partial charge in [-0.3, -0.25) is 9.48 Å². The van der Waals surface area contributed by atoms with Crippen molar-refractivity contribution in [2.75, 3.05) is 0 Å². The Kier molecular flexibility index (Phi) is 4.24. The quantitative estimate of drug-likeness (QED) is 0.568. The molecule has 7 heteroatoms. The number of hydrogen-bond acceptors (Lipinski definition) is 4. The SMILES string of the molecule is Cc1ccc([C@H](c2ccc(F)cc2)[C@H]2Cn3ccnc3-c3c(O)c(=O)cnn32)cc1. The average molecular weight is 402 g/mol. The summed E-state index contributed by atoms with van der Waals surface area (Å²) in [4.78, 5) is 16.4. The Hall–Kier alpha value is -3.74. The first kappa shape index (κ1) is 18.3. The van der Waals surface area contributed by atoms with Gasteiger partial charge in [0.2, 0.25) is 5.43 Å². The Morgan fingerprint density at radius 3 is 2.47 bits per heavy atom. The molecule has 0 spiro atoms. The molecule has 6 nitrogen and oxygen atoms in total. The molecule has 1 aliphatic rings. The van der Waals surface area contributed by atoms with Gasteiger partial charge in [-0.1, -0.05) is 42.0 Å². The van der Waals surface area contributed by atoms with E-state index >= 15 is 0 Å². The molecule has 0 fully saturated rings. The standard InChI is InChI=1S/C23H19FN4O2/c1-14-2-4-15(5-3-14)20(16-6-8-17(24)9-7-16)18-13-27-11-10-25-23(27)21-22(30)19(29)12-26-28(18)21/h2-12,18,20,30H,13H2,1H3/t18-,20-/m1/s1. The van der Waals surface area contributed by atoms with E-state index < -0.39 is 5.43 Å². The van der Waals surface area contributed by atoms with E-state index in [1.54, 1.807) is 23.0 Å². The number of aromatic hydroxyl groups is 1. The molecule has 4 aromatic rings. The highest BCUT2D eigenvalue weighted by Crippen LogP contribution is 2.42. The predicted octanol–water partition coefficient (Wildman–Crippen LogP) is 3.65. The third-order valence-corrected chi connectivity index (χ3v) is 5.66. The third kappa shape index (κ3) is 2.90. The zero-order chi connectivity index (χ0) is 20.8. The number of imidazole rings is 1. The van der Waals surface area contributed by atoms with Crippen LogP contribution < -0.4 is 5.43 Å². The van der Waals surface area contributed by atoms with Crippen LogP contribution in [-0.2, 0) is 6.54 Å². The van der Waals surface area contributed by atoms with Crippen LogP contribution in [0.1, 0.15) is 28.7 Å². The zero-order valence-electron chi connectivity index (χ0n) is 16.2. The summed E-state index contributed by atoms with van der Waals surface area (Å²) in [5, 5.41) is 14.9. The second kappa shape index (κ2) is 6.95. The first-order chi connectivity index (χ1) is 14.5. The predicted molar refractivity (Wildman–Crippen MR) is 110 cm³/mol. The van der Waals surface area contributed by atoms with E-state index in [1.807, 2.05) is 29.8 Å². The van der Waals surface area contributed by atoms with Gasteiger partial charge in [0.1, 0.15) is 11.5 Å². The molecule has 0 saturated carbocycles. The van der Waals surface area contributed by atoms with Crippen LogP contribution in [0.5, 0.6) is 5.75 Å². The van der Waals surface area contributed by atoms with Crippen LogP contribution >= 0.6 is 0 Å². The zero-order valence-corrected chi connectivity index (χ0v) is 16.2. The fourth-order valence-corrected chi connectivity index (χ4v) is 4.20. The number of nitrogens with zero attached hydrogens (tertiary/aromatic N) is 4. The Bertz CT molecular complexity index is 1230. The molecule has 0 amide bonds. The Morgan fingerprint density at radius 2 is 1.77 bits per heavy atom. The van der Waals surface area contributed by atoms with Crippen molar-refractivity contribution in [3.63, 3.8) is 0 Å². The molecular weight excluding hydrogens is 383 g/mol. The van der Waals surface area contributed by atoms with Crippen LogP contribution in [0.4, 0.5) is 4.39 Å². The Labute approximate surface area is 171 Å². The molecule has 0 unspecified atom stereocenters. The van der Waals surface area contributed by atoms with E-state index in [9.17, 15) is 14.3 Å².